The second-order valence-corrected chi connectivity index (χ2v) is 7.66. The minimum atomic E-state index is -0.462. The van der Waals surface area contributed by atoms with Gasteiger partial charge in [0.15, 0.2) is 0 Å². The van der Waals surface area contributed by atoms with E-state index in [1.54, 1.807) is 12.3 Å². The fourth-order valence-corrected chi connectivity index (χ4v) is 3.93. The summed E-state index contributed by atoms with van der Waals surface area (Å²) >= 11 is 0. The second kappa shape index (κ2) is 8.05. The van der Waals surface area contributed by atoms with Crippen LogP contribution in [0.15, 0.2) is 48.7 Å². The fourth-order valence-electron chi connectivity index (χ4n) is 3.93. The highest BCUT2D eigenvalue weighted by molar-refractivity contribution is 6.13. The average molecular weight is 392 g/mol. The number of fused-ring (bicyclic) bond motifs is 1. The van der Waals surface area contributed by atoms with Gasteiger partial charge in [0.25, 0.3) is 11.6 Å². The molecule has 1 fully saturated rings. The number of hydrogen-bond donors (Lipinski definition) is 2. The zero-order valence-electron chi connectivity index (χ0n) is 16.4. The summed E-state index contributed by atoms with van der Waals surface area (Å²) in [6.07, 6.45) is 5.38. The average Bonchev–Trinajstić information content (AvgIpc) is 3.14. The Morgan fingerprint density at radius 1 is 1.24 bits per heavy atom. The van der Waals surface area contributed by atoms with E-state index in [1.807, 2.05) is 24.3 Å². The minimum absolute atomic E-state index is 0.0394. The standard InChI is InChI=1S/C22H24N4O3/c1-15-4-2-3-11-25(15)14-16-5-7-17(8-6-16)24-22(27)20-13-23-21-10-9-18(26(28)29)12-19(20)21/h5-10,12-13,15,23H,2-4,11,14H2,1H3,(H,24,27). The molecule has 1 aliphatic heterocycles. The highest BCUT2D eigenvalue weighted by atomic mass is 16.6. The summed E-state index contributed by atoms with van der Waals surface area (Å²) in [7, 11) is 0. The normalized spacial score (nSPS) is 17.3. The Labute approximate surface area is 168 Å². The summed E-state index contributed by atoms with van der Waals surface area (Å²) in [5, 5.41) is 14.4. The van der Waals surface area contributed by atoms with Crippen molar-refractivity contribution in [1.29, 1.82) is 0 Å². The summed E-state index contributed by atoms with van der Waals surface area (Å²) in [5.74, 6) is -0.297. The van der Waals surface area contributed by atoms with Crippen LogP contribution in [0.5, 0.6) is 0 Å². The number of aromatic amines is 1. The molecule has 2 aromatic carbocycles. The first-order chi connectivity index (χ1) is 14.0. The Morgan fingerprint density at radius 2 is 2.03 bits per heavy atom. The van der Waals surface area contributed by atoms with Crippen LogP contribution in [0.25, 0.3) is 10.9 Å². The van der Waals surface area contributed by atoms with E-state index in [4.69, 9.17) is 0 Å². The molecule has 4 rings (SSSR count). The molecule has 1 saturated heterocycles. The van der Waals surface area contributed by atoms with E-state index in [1.165, 1.54) is 37.0 Å². The first-order valence-corrected chi connectivity index (χ1v) is 9.91. The molecule has 7 heteroatoms. The van der Waals surface area contributed by atoms with E-state index in [-0.39, 0.29) is 11.6 Å². The molecular weight excluding hydrogens is 368 g/mol. The number of carbonyl (C=O) groups is 1. The molecule has 3 aromatic rings. The Kier molecular flexibility index (Phi) is 5.31. The first kappa shape index (κ1) is 19.1. The number of aromatic nitrogens is 1. The zero-order chi connectivity index (χ0) is 20.4. The van der Waals surface area contributed by atoms with Crippen LogP contribution >= 0.6 is 0 Å². The number of nitrogens with zero attached hydrogens (tertiary/aromatic N) is 2. The Morgan fingerprint density at radius 3 is 2.76 bits per heavy atom. The van der Waals surface area contributed by atoms with Gasteiger partial charge in [-0.15, -0.1) is 0 Å². The molecule has 7 nitrogen and oxygen atoms in total. The summed E-state index contributed by atoms with van der Waals surface area (Å²) in [6, 6.07) is 12.9. The van der Waals surface area contributed by atoms with Crippen molar-refractivity contribution in [2.45, 2.75) is 38.8 Å². The predicted octanol–water partition coefficient (Wildman–Crippen LogP) is 4.70. The molecule has 1 atom stereocenters. The largest absolute Gasteiger partial charge is 0.360 e. The molecule has 150 valence electrons. The van der Waals surface area contributed by atoms with Crippen molar-refractivity contribution in [3.63, 3.8) is 0 Å². The number of benzene rings is 2. The molecule has 0 aliphatic carbocycles. The van der Waals surface area contributed by atoms with E-state index >= 15 is 0 Å². The van der Waals surface area contributed by atoms with Crippen LogP contribution in [0.1, 0.15) is 42.1 Å². The van der Waals surface area contributed by atoms with Crippen LogP contribution in [0, 0.1) is 10.1 Å². The van der Waals surface area contributed by atoms with Gasteiger partial charge < -0.3 is 10.3 Å². The van der Waals surface area contributed by atoms with Crippen LogP contribution in [0.2, 0.25) is 0 Å². The van der Waals surface area contributed by atoms with Crippen LogP contribution in [-0.4, -0.2) is 33.3 Å². The van der Waals surface area contributed by atoms with Gasteiger partial charge in [-0.05, 0) is 50.1 Å². The number of non-ortho nitro benzene ring substituents is 1. The smallest absolute Gasteiger partial charge is 0.270 e. The van der Waals surface area contributed by atoms with Gasteiger partial charge in [0.1, 0.15) is 0 Å². The van der Waals surface area contributed by atoms with Gasteiger partial charge >= 0.3 is 0 Å². The number of anilines is 1. The molecule has 1 aliphatic rings. The fraction of sp³-hybridized carbons (Fsp3) is 0.318. The van der Waals surface area contributed by atoms with Crippen molar-refractivity contribution >= 4 is 28.2 Å². The molecule has 0 bridgehead atoms. The summed E-state index contributed by atoms with van der Waals surface area (Å²) < 4.78 is 0. The van der Waals surface area contributed by atoms with E-state index in [0.717, 1.165) is 13.1 Å². The molecule has 0 saturated carbocycles. The van der Waals surface area contributed by atoms with Gasteiger partial charge in [-0.1, -0.05) is 18.6 Å². The Bertz CT molecular complexity index is 1040. The van der Waals surface area contributed by atoms with Gasteiger partial charge in [-0.2, -0.15) is 0 Å². The maximum absolute atomic E-state index is 12.7. The molecule has 0 spiro atoms. The third kappa shape index (κ3) is 4.14. The molecule has 29 heavy (non-hydrogen) atoms. The number of amides is 1. The van der Waals surface area contributed by atoms with Crippen molar-refractivity contribution in [2.24, 2.45) is 0 Å². The maximum Gasteiger partial charge on any atom is 0.270 e. The first-order valence-electron chi connectivity index (χ1n) is 9.91. The van der Waals surface area contributed by atoms with E-state index in [2.05, 4.69) is 22.1 Å². The number of likely N-dealkylation sites (tertiary alicyclic amines) is 1. The molecule has 2 N–H and O–H groups in total. The SMILES string of the molecule is CC1CCCCN1Cc1ccc(NC(=O)c2c[nH]c3ccc([N+](=O)[O-])cc23)cc1. The number of piperidine rings is 1. The lowest BCUT2D eigenvalue weighted by Gasteiger charge is -2.33. The maximum atomic E-state index is 12.7. The lowest BCUT2D eigenvalue weighted by molar-refractivity contribution is -0.384. The van der Waals surface area contributed by atoms with E-state index in [0.29, 0.717) is 28.2 Å². The van der Waals surface area contributed by atoms with Crippen LogP contribution in [0.4, 0.5) is 11.4 Å². The van der Waals surface area contributed by atoms with Crippen molar-refractivity contribution in [3.05, 3.63) is 69.9 Å². The molecule has 1 unspecified atom stereocenters. The van der Waals surface area contributed by atoms with Gasteiger partial charge in [-0.25, -0.2) is 0 Å². The number of nitro benzene ring substituents is 1. The number of rotatable bonds is 5. The molecule has 0 radical (unpaired) electrons. The van der Waals surface area contributed by atoms with Gasteiger partial charge in [0, 0.05) is 47.5 Å². The number of nitro groups is 1. The predicted molar refractivity (Wildman–Crippen MR) is 113 cm³/mol. The highest BCUT2D eigenvalue weighted by Gasteiger charge is 2.18. The highest BCUT2D eigenvalue weighted by Crippen LogP contribution is 2.25. The third-order valence-electron chi connectivity index (χ3n) is 5.66. The van der Waals surface area contributed by atoms with Gasteiger partial charge in [-0.3, -0.25) is 19.8 Å². The lowest BCUT2D eigenvalue weighted by atomic mass is 10.0. The molecule has 1 amide bonds. The van der Waals surface area contributed by atoms with Gasteiger partial charge in [0.05, 0.1) is 10.5 Å². The van der Waals surface area contributed by atoms with Crippen molar-refractivity contribution < 1.29 is 9.72 Å². The van der Waals surface area contributed by atoms with Crippen LogP contribution < -0.4 is 5.32 Å². The van der Waals surface area contributed by atoms with E-state index < -0.39 is 4.92 Å². The van der Waals surface area contributed by atoms with Crippen molar-refractivity contribution in [3.8, 4) is 0 Å². The molecule has 2 heterocycles. The zero-order valence-corrected chi connectivity index (χ0v) is 16.4. The monoisotopic (exact) mass is 392 g/mol. The number of carbonyl (C=O) groups excluding carboxylic acids is 1. The Hall–Kier alpha value is -3.19. The topological polar surface area (TPSA) is 91.3 Å². The van der Waals surface area contributed by atoms with Crippen LogP contribution in [0.3, 0.4) is 0 Å². The van der Waals surface area contributed by atoms with Crippen molar-refractivity contribution in [1.82, 2.24) is 9.88 Å². The number of hydrogen-bond acceptors (Lipinski definition) is 4. The summed E-state index contributed by atoms with van der Waals surface area (Å²) in [4.78, 5) is 28.8. The molecule has 1 aromatic heterocycles. The third-order valence-corrected chi connectivity index (χ3v) is 5.66. The van der Waals surface area contributed by atoms with Crippen LogP contribution in [-0.2, 0) is 6.54 Å². The summed E-state index contributed by atoms with van der Waals surface area (Å²) in [6.45, 7) is 4.33. The summed E-state index contributed by atoms with van der Waals surface area (Å²) in [5.41, 5.74) is 2.95. The quantitative estimate of drug-likeness (QED) is 0.486. The number of H-pyrrole nitrogens is 1. The van der Waals surface area contributed by atoms with Crippen molar-refractivity contribution in [2.75, 3.05) is 11.9 Å². The Balaban J connectivity index is 1.46. The minimum Gasteiger partial charge on any atom is -0.360 e. The number of nitrogens with one attached hydrogen (secondary N) is 2. The second-order valence-electron chi connectivity index (χ2n) is 7.66. The van der Waals surface area contributed by atoms with E-state index in [9.17, 15) is 14.9 Å². The lowest BCUT2D eigenvalue weighted by Crippen LogP contribution is -2.36. The van der Waals surface area contributed by atoms with Gasteiger partial charge in [0.2, 0.25) is 0 Å². The molecular formula is C22H24N4O3.